The summed E-state index contributed by atoms with van der Waals surface area (Å²) in [6.45, 7) is 6.49. The van der Waals surface area contributed by atoms with E-state index >= 15 is 0 Å². The average molecular weight is 1080 g/mol. The molecule has 0 N–H and O–H groups in total. The molecule has 0 aliphatic rings. The molecule has 0 aromatic heterocycles. The first-order chi connectivity index (χ1) is 38.5. The number of carbonyl (C=O) groups excluding carboxylic acids is 3. The summed E-state index contributed by atoms with van der Waals surface area (Å²) in [7, 11) is 0. The molecule has 0 saturated carbocycles. The lowest BCUT2D eigenvalue weighted by Crippen LogP contribution is -2.30. The van der Waals surface area contributed by atoms with E-state index in [0.29, 0.717) is 12.8 Å². The fraction of sp³-hybridized carbons (Fsp3) is 0.708. The van der Waals surface area contributed by atoms with Gasteiger partial charge >= 0.3 is 17.9 Å². The van der Waals surface area contributed by atoms with Crippen LogP contribution in [0.25, 0.3) is 0 Å². The van der Waals surface area contributed by atoms with Gasteiger partial charge in [-0.3, -0.25) is 14.4 Å². The molecule has 0 aliphatic carbocycles. The second-order valence-electron chi connectivity index (χ2n) is 21.6. The van der Waals surface area contributed by atoms with Gasteiger partial charge in [0.1, 0.15) is 13.2 Å². The van der Waals surface area contributed by atoms with Crippen LogP contribution in [0.4, 0.5) is 0 Å². The van der Waals surface area contributed by atoms with Gasteiger partial charge < -0.3 is 14.2 Å². The minimum absolute atomic E-state index is 0.0953. The maximum atomic E-state index is 12.9. The molecular formula is C72H122O6. The number of hydrogen-bond acceptors (Lipinski definition) is 6. The first-order valence-corrected chi connectivity index (χ1v) is 32.9. The van der Waals surface area contributed by atoms with Gasteiger partial charge in [-0.15, -0.1) is 0 Å². The van der Waals surface area contributed by atoms with Gasteiger partial charge in [0.15, 0.2) is 6.10 Å². The molecule has 78 heavy (non-hydrogen) atoms. The van der Waals surface area contributed by atoms with Crippen LogP contribution in [-0.2, 0) is 28.6 Å². The number of ether oxygens (including phenoxy) is 3. The van der Waals surface area contributed by atoms with Gasteiger partial charge in [0, 0.05) is 19.3 Å². The van der Waals surface area contributed by atoms with Gasteiger partial charge in [0.2, 0.25) is 0 Å². The fourth-order valence-corrected chi connectivity index (χ4v) is 9.06. The van der Waals surface area contributed by atoms with E-state index in [4.69, 9.17) is 14.2 Å². The Labute approximate surface area is 482 Å². The summed E-state index contributed by atoms with van der Waals surface area (Å²) in [5.74, 6) is -0.931. The van der Waals surface area contributed by atoms with Gasteiger partial charge in [0.05, 0.1) is 0 Å². The molecule has 0 amide bonds. The highest BCUT2D eigenvalue weighted by Gasteiger charge is 2.19. The van der Waals surface area contributed by atoms with E-state index in [2.05, 4.69) is 130 Å². The number of allylic oxidation sites excluding steroid dienone is 18. The lowest BCUT2D eigenvalue weighted by Gasteiger charge is -2.18. The number of rotatable bonds is 59. The van der Waals surface area contributed by atoms with Crippen LogP contribution in [0.5, 0.6) is 0 Å². The summed E-state index contributed by atoms with van der Waals surface area (Å²) in [5, 5.41) is 0. The second-order valence-corrected chi connectivity index (χ2v) is 21.6. The van der Waals surface area contributed by atoms with Crippen LogP contribution in [-0.4, -0.2) is 37.2 Å². The van der Waals surface area contributed by atoms with Crippen molar-refractivity contribution in [1.82, 2.24) is 0 Å². The minimum Gasteiger partial charge on any atom is -0.462 e. The zero-order valence-electron chi connectivity index (χ0n) is 51.2. The van der Waals surface area contributed by atoms with Crippen molar-refractivity contribution >= 4 is 17.9 Å². The highest BCUT2D eigenvalue weighted by Crippen LogP contribution is 2.16. The zero-order chi connectivity index (χ0) is 56.4. The highest BCUT2D eigenvalue weighted by molar-refractivity contribution is 5.71. The highest BCUT2D eigenvalue weighted by atomic mass is 16.6. The Hall–Kier alpha value is -3.93. The maximum Gasteiger partial charge on any atom is 0.306 e. The average Bonchev–Trinajstić information content (AvgIpc) is 3.44. The smallest absolute Gasteiger partial charge is 0.306 e. The van der Waals surface area contributed by atoms with Crippen LogP contribution < -0.4 is 0 Å². The molecular weight excluding hydrogens is 961 g/mol. The van der Waals surface area contributed by atoms with Crippen molar-refractivity contribution in [1.29, 1.82) is 0 Å². The summed E-state index contributed by atoms with van der Waals surface area (Å²) < 4.78 is 16.9. The first kappa shape index (κ1) is 74.1. The van der Waals surface area contributed by atoms with E-state index in [1.165, 1.54) is 154 Å². The monoisotopic (exact) mass is 1080 g/mol. The lowest BCUT2D eigenvalue weighted by atomic mass is 10.0. The van der Waals surface area contributed by atoms with Crippen LogP contribution >= 0.6 is 0 Å². The third-order valence-electron chi connectivity index (χ3n) is 14.0. The van der Waals surface area contributed by atoms with E-state index in [-0.39, 0.29) is 37.5 Å². The standard InChI is InChI=1S/C72H122O6/c1-4-7-10-13-16-19-22-25-28-30-32-33-34-35-36-37-38-39-41-42-44-47-50-53-56-59-62-65-71(74)77-68-69(67-76-70(73)64-61-58-55-52-49-46-27-24-21-18-15-12-9-6-3)78-72(75)66-63-60-57-54-51-48-45-43-40-31-29-26-23-20-17-14-11-8-5-2/h8,11,17,20,22,24-27,29-30,32,34-35,40,43,48,51,69H,4-7,9-10,12-16,18-19,21,23,28,31,33,36-39,41-42,44-47,49-50,52-68H2,1-3H3/b11-8-,20-17-,25-22-,27-24-,29-26-,32-30-,35-34-,43-40-,51-48-. The molecule has 6 heteroatoms. The topological polar surface area (TPSA) is 78.9 Å². The van der Waals surface area contributed by atoms with Crippen molar-refractivity contribution in [3.63, 3.8) is 0 Å². The summed E-state index contributed by atoms with van der Waals surface area (Å²) in [5.41, 5.74) is 0. The van der Waals surface area contributed by atoms with Crippen molar-refractivity contribution in [2.45, 2.75) is 316 Å². The lowest BCUT2D eigenvalue weighted by molar-refractivity contribution is -0.167. The Morgan fingerprint density at radius 2 is 0.500 bits per heavy atom. The number of hydrogen-bond donors (Lipinski definition) is 0. The molecule has 0 radical (unpaired) electrons. The summed E-state index contributed by atoms with van der Waals surface area (Å²) in [6, 6.07) is 0. The van der Waals surface area contributed by atoms with E-state index in [0.717, 1.165) is 116 Å². The van der Waals surface area contributed by atoms with Gasteiger partial charge in [-0.05, 0) is 128 Å². The molecule has 0 bridgehead atoms. The third-order valence-corrected chi connectivity index (χ3v) is 14.0. The number of esters is 3. The van der Waals surface area contributed by atoms with E-state index in [1.54, 1.807) is 0 Å². The van der Waals surface area contributed by atoms with Crippen LogP contribution in [0.15, 0.2) is 109 Å². The van der Waals surface area contributed by atoms with E-state index in [1.807, 2.05) is 0 Å². The van der Waals surface area contributed by atoms with Gasteiger partial charge in [-0.1, -0.05) is 271 Å². The maximum absolute atomic E-state index is 12.9. The third kappa shape index (κ3) is 62.9. The predicted molar refractivity (Wildman–Crippen MR) is 339 cm³/mol. The van der Waals surface area contributed by atoms with Crippen molar-refractivity contribution in [2.75, 3.05) is 13.2 Å². The first-order valence-electron chi connectivity index (χ1n) is 32.9. The molecule has 0 spiro atoms. The molecule has 6 nitrogen and oxygen atoms in total. The van der Waals surface area contributed by atoms with Crippen molar-refractivity contribution in [3.05, 3.63) is 109 Å². The Kier molecular flexibility index (Phi) is 62.3. The van der Waals surface area contributed by atoms with Crippen molar-refractivity contribution in [2.24, 2.45) is 0 Å². The van der Waals surface area contributed by atoms with Gasteiger partial charge in [-0.2, -0.15) is 0 Å². The van der Waals surface area contributed by atoms with E-state index in [9.17, 15) is 14.4 Å². The Morgan fingerprint density at radius 3 is 0.808 bits per heavy atom. The minimum atomic E-state index is -0.803. The SMILES string of the molecule is CC/C=C\C/C=C\C/C=C\C/C=C\C/C=C\CCCCCC(=O)OC(COC(=O)CCCCCCC/C=C\CCCCCCC)COC(=O)CCCCCCCCCCCCCC/C=C\C/C=C\C/C=C\CCCCCCC. The summed E-state index contributed by atoms with van der Waals surface area (Å²) in [6.07, 6.45) is 89.5. The molecule has 0 aromatic rings. The van der Waals surface area contributed by atoms with Crippen LogP contribution in [0.2, 0.25) is 0 Å². The molecule has 1 unspecified atom stereocenters. The van der Waals surface area contributed by atoms with Crippen LogP contribution in [0.1, 0.15) is 310 Å². The van der Waals surface area contributed by atoms with Crippen LogP contribution in [0, 0.1) is 0 Å². The molecule has 0 aromatic carbocycles. The molecule has 0 fully saturated rings. The van der Waals surface area contributed by atoms with Gasteiger partial charge in [0.25, 0.3) is 0 Å². The zero-order valence-corrected chi connectivity index (χ0v) is 51.2. The summed E-state index contributed by atoms with van der Waals surface area (Å²) in [4.78, 5) is 38.3. The Bertz CT molecular complexity index is 1570. The van der Waals surface area contributed by atoms with Crippen LogP contribution in [0.3, 0.4) is 0 Å². The molecule has 0 rings (SSSR count). The fourth-order valence-electron chi connectivity index (χ4n) is 9.06. The Balaban J connectivity index is 4.36. The molecule has 0 heterocycles. The van der Waals surface area contributed by atoms with E-state index < -0.39 is 6.10 Å². The normalized spacial score (nSPS) is 12.8. The molecule has 446 valence electrons. The number of carbonyl (C=O) groups is 3. The Morgan fingerprint density at radius 1 is 0.269 bits per heavy atom. The van der Waals surface area contributed by atoms with Crippen molar-refractivity contribution < 1.29 is 28.6 Å². The van der Waals surface area contributed by atoms with Crippen molar-refractivity contribution in [3.8, 4) is 0 Å². The second kappa shape index (κ2) is 65.6. The number of unbranched alkanes of at least 4 members (excludes halogenated alkanes) is 30. The molecule has 0 saturated heterocycles. The predicted octanol–water partition coefficient (Wildman–Crippen LogP) is 22.6. The molecule has 1 atom stereocenters. The van der Waals surface area contributed by atoms with Gasteiger partial charge in [-0.25, -0.2) is 0 Å². The summed E-state index contributed by atoms with van der Waals surface area (Å²) >= 11 is 0. The quantitative estimate of drug-likeness (QED) is 0.0261. The largest absolute Gasteiger partial charge is 0.462 e. The molecule has 0 aliphatic heterocycles.